The molecule has 0 aliphatic heterocycles. The summed E-state index contributed by atoms with van der Waals surface area (Å²) >= 11 is 0. The Morgan fingerprint density at radius 2 is 1.85 bits per heavy atom. The molecule has 0 bridgehead atoms. The second kappa shape index (κ2) is 6.80. The first-order valence-corrected chi connectivity index (χ1v) is 9.14. The monoisotopic (exact) mass is 377 g/mol. The van der Waals surface area contributed by atoms with Gasteiger partial charge < -0.3 is 13.5 Å². The lowest BCUT2D eigenvalue weighted by molar-refractivity contribution is 0.0527. The summed E-state index contributed by atoms with van der Waals surface area (Å²) in [5.41, 5.74) is 2.34. The van der Waals surface area contributed by atoms with Crippen LogP contribution in [0, 0.1) is 6.92 Å². The van der Waals surface area contributed by atoms with Gasteiger partial charge in [0.1, 0.15) is 5.75 Å². The Bertz CT molecular complexity index is 1070. The first kappa shape index (κ1) is 17.9. The molecular weight excluding hydrogens is 361 g/mol. The second-order valence-electron chi connectivity index (χ2n) is 5.51. The number of esters is 1. The lowest BCUT2D eigenvalue weighted by Gasteiger charge is -2.08. The van der Waals surface area contributed by atoms with E-state index in [4.69, 9.17) is 4.74 Å². The summed E-state index contributed by atoms with van der Waals surface area (Å²) in [7, 11) is -5.17. The van der Waals surface area contributed by atoms with Crippen molar-refractivity contribution in [3.63, 3.8) is 0 Å². The molecule has 0 N–H and O–H groups in total. The maximum atomic E-state index is 12.9. The fourth-order valence-corrected chi connectivity index (χ4v) is 3.27. The number of benzene rings is 2. The average Bonchev–Trinajstić information content (AvgIpc) is 2.85. The molecule has 0 aliphatic rings. The van der Waals surface area contributed by atoms with Crippen LogP contribution < -0.4 is 4.18 Å². The molecule has 26 heavy (non-hydrogen) atoms. The molecule has 136 valence electrons. The molecule has 0 saturated carbocycles. The van der Waals surface area contributed by atoms with Crippen molar-refractivity contribution in [3.8, 4) is 11.4 Å². The van der Waals surface area contributed by atoms with Crippen molar-refractivity contribution in [2.75, 3.05) is 6.61 Å². The third kappa shape index (κ3) is 3.41. The SMILES string of the molecule is CCOC(=O)c1c(C)n(-c2ccccc2)c2ccc(OS(=O)(=O)F)cc12. The van der Waals surface area contributed by atoms with Crippen molar-refractivity contribution in [2.24, 2.45) is 0 Å². The molecule has 0 amide bonds. The maximum Gasteiger partial charge on any atom is 0.488 e. The summed E-state index contributed by atoms with van der Waals surface area (Å²) in [5.74, 6) is -0.777. The fraction of sp³-hybridized carbons (Fsp3) is 0.167. The topological polar surface area (TPSA) is 74.6 Å². The number of carbonyl (C=O) groups excluding carboxylic acids is 1. The van der Waals surface area contributed by atoms with Gasteiger partial charge in [0.2, 0.25) is 0 Å². The molecule has 1 aromatic heterocycles. The molecule has 2 aromatic carbocycles. The van der Waals surface area contributed by atoms with Crippen LogP contribution in [0.25, 0.3) is 16.6 Å². The number of hydrogen-bond donors (Lipinski definition) is 0. The molecule has 3 aromatic rings. The molecule has 0 fully saturated rings. The zero-order valence-corrected chi connectivity index (χ0v) is 14.9. The predicted octanol–water partition coefficient (Wildman–Crippen LogP) is 3.71. The van der Waals surface area contributed by atoms with Crippen LogP contribution in [0.3, 0.4) is 0 Å². The van der Waals surface area contributed by atoms with E-state index in [0.29, 0.717) is 16.6 Å². The maximum absolute atomic E-state index is 12.9. The van der Waals surface area contributed by atoms with Crippen LogP contribution >= 0.6 is 0 Å². The summed E-state index contributed by atoms with van der Waals surface area (Å²) in [6.45, 7) is 3.63. The Kier molecular flexibility index (Phi) is 4.69. The summed E-state index contributed by atoms with van der Waals surface area (Å²) in [4.78, 5) is 12.5. The van der Waals surface area contributed by atoms with Gasteiger partial charge in [-0.15, -0.1) is 0 Å². The summed E-state index contributed by atoms with van der Waals surface area (Å²) in [6.07, 6.45) is 0. The fourth-order valence-electron chi connectivity index (χ4n) is 2.94. The van der Waals surface area contributed by atoms with Crippen molar-refractivity contribution < 1.29 is 26.0 Å². The van der Waals surface area contributed by atoms with Gasteiger partial charge >= 0.3 is 16.5 Å². The van der Waals surface area contributed by atoms with Gasteiger partial charge in [-0.3, -0.25) is 0 Å². The van der Waals surface area contributed by atoms with Crippen molar-refractivity contribution in [2.45, 2.75) is 13.8 Å². The lowest BCUT2D eigenvalue weighted by atomic mass is 10.1. The first-order chi connectivity index (χ1) is 12.3. The Morgan fingerprint density at radius 1 is 1.15 bits per heavy atom. The zero-order valence-electron chi connectivity index (χ0n) is 14.1. The highest BCUT2D eigenvalue weighted by Gasteiger charge is 2.23. The molecule has 0 unspecified atom stereocenters. The summed E-state index contributed by atoms with van der Waals surface area (Å²) < 4.78 is 45.7. The van der Waals surface area contributed by atoms with E-state index in [0.717, 1.165) is 5.69 Å². The molecule has 3 rings (SSSR count). The highest BCUT2D eigenvalue weighted by molar-refractivity contribution is 7.81. The molecular formula is C18H16FNO5S. The average molecular weight is 377 g/mol. The minimum absolute atomic E-state index is 0.186. The molecule has 0 aliphatic carbocycles. The van der Waals surface area contributed by atoms with Crippen LogP contribution in [0.1, 0.15) is 23.0 Å². The van der Waals surface area contributed by atoms with E-state index in [1.165, 1.54) is 12.1 Å². The molecule has 0 radical (unpaired) electrons. The van der Waals surface area contributed by atoms with Crippen molar-refractivity contribution >= 4 is 27.4 Å². The van der Waals surface area contributed by atoms with E-state index in [2.05, 4.69) is 4.18 Å². The molecule has 0 saturated heterocycles. The van der Waals surface area contributed by atoms with Crippen LogP contribution in [0.15, 0.2) is 48.5 Å². The highest BCUT2D eigenvalue weighted by Crippen LogP contribution is 2.33. The molecule has 0 spiro atoms. The number of rotatable bonds is 5. The van der Waals surface area contributed by atoms with Crippen LogP contribution in [-0.4, -0.2) is 25.6 Å². The normalized spacial score (nSPS) is 11.5. The van der Waals surface area contributed by atoms with E-state index in [1.807, 2.05) is 34.9 Å². The first-order valence-electron chi connectivity index (χ1n) is 7.83. The number of halogens is 1. The van der Waals surface area contributed by atoms with Crippen LogP contribution in [0.2, 0.25) is 0 Å². The number of nitrogens with zero attached hydrogens (tertiary/aromatic N) is 1. The lowest BCUT2D eigenvalue weighted by Crippen LogP contribution is -2.07. The smallest absolute Gasteiger partial charge is 0.462 e. The minimum Gasteiger partial charge on any atom is -0.462 e. The standard InChI is InChI=1S/C18H16FNO5S/c1-3-24-18(21)17-12(2)20(13-7-5-4-6-8-13)16-10-9-14(11-15(16)17)25-26(19,22)23/h4-11H,3H2,1-2H3. The van der Waals surface area contributed by atoms with Gasteiger partial charge in [-0.25, -0.2) is 4.79 Å². The van der Waals surface area contributed by atoms with E-state index < -0.39 is 16.5 Å². The van der Waals surface area contributed by atoms with Gasteiger partial charge in [-0.1, -0.05) is 22.1 Å². The molecule has 0 atom stereocenters. The third-order valence-corrected chi connectivity index (χ3v) is 4.26. The van der Waals surface area contributed by atoms with Crippen molar-refractivity contribution in [1.82, 2.24) is 4.57 Å². The minimum atomic E-state index is -5.17. The number of para-hydroxylation sites is 1. The quantitative estimate of drug-likeness (QED) is 0.501. The van der Waals surface area contributed by atoms with Gasteiger partial charge in [0, 0.05) is 16.8 Å². The summed E-state index contributed by atoms with van der Waals surface area (Å²) in [5, 5.41) is 0.408. The Morgan fingerprint density at radius 3 is 2.46 bits per heavy atom. The Hall–Kier alpha value is -2.87. The Labute approximate surface area is 150 Å². The van der Waals surface area contributed by atoms with Gasteiger partial charge in [0.05, 0.1) is 17.7 Å². The number of ether oxygens (including phenoxy) is 1. The van der Waals surface area contributed by atoms with Gasteiger partial charge in [-0.05, 0) is 44.2 Å². The van der Waals surface area contributed by atoms with Crippen molar-refractivity contribution in [1.29, 1.82) is 0 Å². The van der Waals surface area contributed by atoms with E-state index in [9.17, 15) is 17.1 Å². The zero-order chi connectivity index (χ0) is 18.9. The third-order valence-electron chi connectivity index (χ3n) is 3.87. The predicted molar refractivity (Wildman–Crippen MR) is 94.6 cm³/mol. The highest BCUT2D eigenvalue weighted by atomic mass is 32.3. The number of aromatic nitrogens is 1. The number of fused-ring (bicyclic) bond motifs is 1. The second-order valence-corrected chi connectivity index (χ2v) is 6.46. The number of carbonyl (C=O) groups is 1. The molecule has 1 heterocycles. The van der Waals surface area contributed by atoms with Crippen LogP contribution in [-0.2, 0) is 15.2 Å². The van der Waals surface area contributed by atoms with E-state index in [-0.39, 0.29) is 17.9 Å². The number of hydrogen-bond acceptors (Lipinski definition) is 5. The van der Waals surface area contributed by atoms with Gasteiger partial charge in [-0.2, -0.15) is 8.42 Å². The summed E-state index contributed by atoms with van der Waals surface area (Å²) in [6, 6.07) is 13.5. The van der Waals surface area contributed by atoms with Crippen LogP contribution in [0.4, 0.5) is 3.89 Å². The largest absolute Gasteiger partial charge is 0.488 e. The Balaban J connectivity index is 2.29. The van der Waals surface area contributed by atoms with Crippen LogP contribution in [0.5, 0.6) is 5.75 Å². The van der Waals surface area contributed by atoms with E-state index >= 15 is 0 Å². The van der Waals surface area contributed by atoms with E-state index in [1.54, 1.807) is 19.9 Å². The molecule has 6 nitrogen and oxygen atoms in total. The van der Waals surface area contributed by atoms with Gasteiger partial charge in [0.15, 0.2) is 0 Å². The van der Waals surface area contributed by atoms with Crippen molar-refractivity contribution in [3.05, 3.63) is 59.8 Å². The van der Waals surface area contributed by atoms with Gasteiger partial charge in [0.25, 0.3) is 0 Å². The molecule has 8 heteroatoms.